The van der Waals surface area contributed by atoms with Gasteiger partial charge in [0.15, 0.2) is 0 Å². The topological polar surface area (TPSA) is 39.1 Å². The molecular weight excluding hydrogens is 274 g/mol. The molecule has 4 heteroatoms. The molecule has 1 aliphatic rings. The normalized spacial score (nSPS) is 18.7. The molecule has 0 fully saturated rings. The summed E-state index contributed by atoms with van der Waals surface area (Å²) in [6.07, 6.45) is 7.40. The minimum Gasteiger partial charge on any atom is -0.497 e. The quantitative estimate of drug-likeness (QED) is 0.891. The predicted octanol–water partition coefficient (Wildman–Crippen LogP) is 2.67. The molecule has 22 heavy (non-hydrogen) atoms. The molecule has 0 saturated carbocycles. The number of nitrogens with zero attached hydrogens (tertiary/aromatic N) is 2. The van der Waals surface area contributed by atoms with Crippen LogP contribution in [0.25, 0.3) is 0 Å². The fourth-order valence-corrected chi connectivity index (χ4v) is 3.16. The summed E-state index contributed by atoms with van der Waals surface area (Å²) in [4.78, 5) is 4.39. The van der Waals surface area contributed by atoms with Crippen molar-refractivity contribution in [1.82, 2.24) is 14.9 Å². The Labute approximate surface area is 132 Å². The van der Waals surface area contributed by atoms with Crippen LogP contribution in [0.4, 0.5) is 0 Å². The van der Waals surface area contributed by atoms with Crippen molar-refractivity contribution in [3.63, 3.8) is 0 Å². The first-order chi connectivity index (χ1) is 10.7. The Hall–Kier alpha value is -1.81. The highest BCUT2D eigenvalue weighted by Gasteiger charge is 2.19. The summed E-state index contributed by atoms with van der Waals surface area (Å²) >= 11 is 0. The number of hydrogen-bond acceptors (Lipinski definition) is 3. The first-order valence-electron chi connectivity index (χ1n) is 8.11. The lowest BCUT2D eigenvalue weighted by Gasteiger charge is -2.25. The van der Waals surface area contributed by atoms with E-state index in [-0.39, 0.29) is 0 Å². The van der Waals surface area contributed by atoms with Crippen LogP contribution in [-0.4, -0.2) is 29.2 Å². The Kier molecular flexibility index (Phi) is 4.78. The number of hydrogen-bond donors (Lipinski definition) is 1. The second kappa shape index (κ2) is 6.97. The molecule has 1 aromatic heterocycles. The summed E-state index contributed by atoms with van der Waals surface area (Å²) in [6, 6.07) is 8.84. The number of methoxy groups -OCH3 is 1. The number of imidazole rings is 1. The third kappa shape index (κ3) is 3.69. The summed E-state index contributed by atoms with van der Waals surface area (Å²) in [5.41, 5.74) is 1.35. The van der Waals surface area contributed by atoms with Crippen molar-refractivity contribution in [2.75, 3.05) is 13.7 Å². The molecule has 0 bridgehead atoms. The van der Waals surface area contributed by atoms with Gasteiger partial charge in [-0.05, 0) is 49.9 Å². The molecule has 0 saturated heterocycles. The van der Waals surface area contributed by atoms with E-state index in [1.807, 2.05) is 18.3 Å². The monoisotopic (exact) mass is 299 g/mol. The van der Waals surface area contributed by atoms with Gasteiger partial charge >= 0.3 is 0 Å². The fourth-order valence-electron chi connectivity index (χ4n) is 3.16. The van der Waals surface area contributed by atoms with Gasteiger partial charge in [-0.25, -0.2) is 4.98 Å². The molecule has 0 amide bonds. The number of aromatic nitrogens is 2. The maximum atomic E-state index is 5.20. The van der Waals surface area contributed by atoms with E-state index in [1.165, 1.54) is 17.8 Å². The maximum absolute atomic E-state index is 5.20. The third-order valence-corrected chi connectivity index (χ3v) is 4.49. The van der Waals surface area contributed by atoms with Crippen molar-refractivity contribution in [2.45, 2.75) is 38.8 Å². The molecule has 2 atom stereocenters. The summed E-state index contributed by atoms with van der Waals surface area (Å²) in [5, 5.41) is 3.69. The molecule has 0 radical (unpaired) electrons. The van der Waals surface area contributed by atoms with Crippen molar-refractivity contribution < 1.29 is 4.74 Å². The highest BCUT2D eigenvalue weighted by Crippen LogP contribution is 2.18. The van der Waals surface area contributed by atoms with Crippen LogP contribution in [0, 0.1) is 5.92 Å². The minimum atomic E-state index is 0.484. The largest absolute Gasteiger partial charge is 0.497 e. The second-order valence-corrected chi connectivity index (χ2v) is 6.26. The fraction of sp³-hybridized carbons (Fsp3) is 0.500. The van der Waals surface area contributed by atoms with Crippen LogP contribution in [0.15, 0.2) is 36.7 Å². The molecule has 0 aliphatic carbocycles. The Morgan fingerprint density at radius 3 is 2.95 bits per heavy atom. The first kappa shape index (κ1) is 15.1. The molecule has 118 valence electrons. The van der Waals surface area contributed by atoms with Gasteiger partial charge in [0.1, 0.15) is 11.6 Å². The van der Waals surface area contributed by atoms with Gasteiger partial charge in [0.2, 0.25) is 0 Å². The van der Waals surface area contributed by atoms with Crippen LogP contribution in [0.2, 0.25) is 0 Å². The van der Waals surface area contributed by atoms with Crippen molar-refractivity contribution in [3.05, 3.63) is 48.0 Å². The molecule has 1 aromatic carbocycles. The van der Waals surface area contributed by atoms with E-state index in [1.54, 1.807) is 7.11 Å². The maximum Gasteiger partial charge on any atom is 0.118 e. The lowest BCUT2D eigenvalue weighted by molar-refractivity contribution is 0.334. The molecule has 3 rings (SSSR count). The molecule has 1 aliphatic heterocycles. The molecule has 0 unspecified atom stereocenters. The second-order valence-electron chi connectivity index (χ2n) is 6.26. The van der Waals surface area contributed by atoms with Crippen LogP contribution in [0.1, 0.15) is 24.7 Å². The van der Waals surface area contributed by atoms with Gasteiger partial charge in [0, 0.05) is 31.4 Å². The van der Waals surface area contributed by atoms with Gasteiger partial charge in [-0.3, -0.25) is 0 Å². The highest BCUT2D eigenvalue weighted by atomic mass is 16.5. The van der Waals surface area contributed by atoms with E-state index in [4.69, 9.17) is 4.74 Å². The standard InChI is InChI=1S/C18H25N3O/c1-14(11-15-3-6-17(22-2)7-4-15)20-12-16-5-8-18-19-9-10-21(18)13-16/h3-4,6-7,9-10,14,16,20H,5,8,11-13H2,1-2H3/t14-,16+/m1/s1. The van der Waals surface area contributed by atoms with Gasteiger partial charge in [0.05, 0.1) is 7.11 Å². The molecule has 1 N–H and O–H groups in total. The van der Waals surface area contributed by atoms with Crippen molar-refractivity contribution in [1.29, 1.82) is 0 Å². The molecule has 2 aromatic rings. The molecule has 4 nitrogen and oxygen atoms in total. The van der Waals surface area contributed by atoms with E-state index in [9.17, 15) is 0 Å². The average Bonchev–Trinajstić information content (AvgIpc) is 3.01. The zero-order valence-electron chi connectivity index (χ0n) is 13.5. The van der Waals surface area contributed by atoms with Crippen molar-refractivity contribution in [3.8, 4) is 5.75 Å². The van der Waals surface area contributed by atoms with Gasteiger partial charge in [-0.2, -0.15) is 0 Å². The Morgan fingerprint density at radius 1 is 1.36 bits per heavy atom. The van der Waals surface area contributed by atoms with Crippen LogP contribution < -0.4 is 10.1 Å². The van der Waals surface area contributed by atoms with E-state index in [0.29, 0.717) is 12.0 Å². The Bertz CT molecular complexity index is 591. The Balaban J connectivity index is 1.45. The number of fused-ring (bicyclic) bond motifs is 1. The van der Waals surface area contributed by atoms with Crippen LogP contribution in [0.3, 0.4) is 0 Å². The number of rotatable bonds is 6. The predicted molar refractivity (Wildman–Crippen MR) is 88.2 cm³/mol. The summed E-state index contributed by atoms with van der Waals surface area (Å²) in [5.74, 6) is 2.87. The average molecular weight is 299 g/mol. The van der Waals surface area contributed by atoms with Crippen LogP contribution in [-0.2, 0) is 19.4 Å². The third-order valence-electron chi connectivity index (χ3n) is 4.49. The smallest absolute Gasteiger partial charge is 0.118 e. The van der Waals surface area contributed by atoms with Crippen LogP contribution >= 0.6 is 0 Å². The van der Waals surface area contributed by atoms with Crippen molar-refractivity contribution >= 4 is 0 Å². The van der Waals surface area contributed by atoms with E-state index in [2.05, 4.69) is 40.1 Å². The molecular formula is C18H25N3O. The van der Waals surface area contributed by atoms with Gasteiger partial charge in [-0.1, -0.05) is 12.1 Å². The lowest BCUT2D eigenvalue weighted by atomic mass is 9.98. The highest BCUT2D eigenvalue weighted by molar-refractivity contribution is 5.27. The number of nitrogens with one attached hydrogen (secondary N) is 1. The number of ether oxygens (including phenoxy) is 1. The SMILES string of the molecule is COc1ccc(C[C@@H](C)NC[C@@H]2CCc3nccn3C2)cc1. The lowest BCUT2D eigenvalue weighted by Crippen LogP contribution is -2.36. The van der Waals surface area contributed by atoms with Crippen LogP contribution in [0.5, 0.6) is 5.75 Å². The number of aryl methyl sites for hydroxylation is 1. The van der Waals surface area contributed by atoms with Gasteiger partial charge in [-0.15, -0.1) is 0 Å². The zero-order chi connectivity index (χ0) is 15.4. The van der Waals surface area contributed by atoms with E-state index >= 15 is 0 Å². The Morgan fingerprint density at radius 2 is 2.18 bits per heavy atom. The van der Waals surface area contributed by atoms with E-state index < -0.39 is 0 Å². The summed E-state index contributed by atoms with van der Waals surface area (Å²) in [6.45, 7) is 4.43. The van der Waals surface area contributed by atoms with Gasteiger partial charge in [0.25, 0.3) is 0 Å². The minimum absolute atomic E-state index is 0.484. The number of benzene rings is 1. The van der Waals surface area contributed by atoms with Crippen molar-refractivity contribution in [2.24, 2.45) is 5.92 Å². The summed E-state index contributed by atoms with van der Waals surface area (Å²) in [7, 11) is 1.70. The van der Waals surface area contributed by atoms with Gasteiger partial charge < -0.3 is 14.6 Å². The van der Waals surface area contributed by atoms with E-state index in [0.717, 1.165) is 31.7 Å². The molecule has 2 heterocycles. The summed E-state index contributed by atoms with van der Waals surface area (Å²) < 4.78 is 7.50. The first-order valence-corrected chi connectivity index (χ1v) is 8.11. The zero-order valence-corrected chi connectivity index (χ0v) is 13.5. The molecule has 0 spiro atoms.